The van der Waals surface area contributed by atoms with Gasteiger partial charge in [0.1, 0.15) is 5.75 Å². The fraction of sp³-hybridized carbons (Fsp3) is 0.0526. The molecule has 4 heteroatoms. The zero-order valence-electron chi connectivity index (χ0n) is 12.6. The summed E-state index contributed by atoms with van der Waals surface area (Å²) in [6, 6.07) is 17.1. The first kappa shape index (κ1) is 14.8. The maximum atomic E-state index is 11.9. The lowest BCUT2D eigenvalue weighted by Crippen LogP contribution is -2.01. The molecule has 0 atom stereocenters. The molecule has 0 saturated carbocycles. The maximum Gasteiger partial charge on any atom is 0.363 e. The molecule has 0 aliphatic carbocycles. The maximum absolute atomic E-state index is 11.9. The molecule has 0 fully saturated rings. The molecule has 0 amide bonds. The van der Waals surface area contributed by atoms with Crippen LogP contribution in [0.5, 0.6) is 5.75 Å². The second kappa shape index (κ2) is 6.75. The Hall–Kier alpha value is -3.14. The van der Waals surface area contributed by atoms with Crippen molar-refractivity contribution in [2.75, 3.05) is 7.11 Å². The molecule has 1 aliphatic rings. The van der Waals surface area contributed by atoms with E-state index < -0.39 is 5.97 Å². The van der Waals surface area contributed by atoms with Crippen LogP contribution in [0.1, 0.15) is 11.1 Å². The van der Waals surface area contributed by atoms with E-state index in [4.69, 9.17) is 9.47 Å². The Morgan fingerprint density at radius 3 is 2.39 bits per heavy atom. The minimum Gasteiger partial charge on any atom is -0.497 e. The minimum absolute atomic E-state index is 0.280. The van der Waals surface area contributed by atoms with E-state index in [-0.39, 0.29) is 5.70 Å². The van der Waals surface area contributed by atoms with Gasteiger partial charge in [-0.05, 0) is 35.4 Å². The van der Waals surface area contributed by atoms with Crippen molar-refractivity contribution in [1.82, 2.24) is 0 Å². The van der Waals surface area contributed by atoms with Gasteiger partial charge >= 0.3 is 5.97 Å². The lowest BCUT2D eigenvalue weighted by molar-refractivity contribution is -0.129. The summed E-state index contributed by atoms with van der Waals surface area (Å²) in [5, 5.41) is 0. The molecule has 0 spiro atoms. The average Bonchev–Trinajstić information content (AvgIpc) is 2.94. The van der Waals surface area contributed by atoms with Gasteiger partial charge in [-0.3, -0.25) is 0 Å². The zero-order chi connectivity index (χ0) is 16.1. The average molecular weight is 305 g/mol. The SMILES string of the molecule is COc1ccc(/C=C2N=C(/C=C/c3ccccc3)OC/2=O)cc1. The molecule has 4 nitrogen and oxygen atoms in total. The van der Waals surface area contributed by atoms with Crippen LogP contribution in [0.3, 0.4) is 0 Å². The molecule has 1 heterocycles. The Morgan fingerprint density at radius 1 is 0.957 bits per heavy atom. The molecular weight excluding hydrogens is 290 g/mol. The van der Waals surface area contributed by atoms with E-state index in [9.17, 15) is 4.79 Å². The van der Waals surface area contributed by atoms with Gasteiger partial charge in [-0.15, -0.1) is 0 Å². The van der Waals surface area contributed by atoms with Crippen molar-refractivity contribution < 1.29 is 14.3 Å². The second-order valence-corrected chi connectivity index (χ2v) is 4.89. The first-order chi connectivity index (χ1) is 11.2. The summed E-state index contributed by atoms with van der Waals surface area (Å²) in [6.45, 7) is 0. The van der Waals surface area contributed by atoms with E-state index in [1.54, 1.807) is 19.3 Å². The molecule has 23 heavy (non-hydrogen) atoms. The van der Waals surface area contributed by atoms with Crippen LogP contribution in [0.15, 0.2) is 71.4 Å². The summed E-state index contributed by atoms with van der Waals surface area (Å²) in [7, 11) is 1.61. The molecule has 0 N–H and O–H groups in total. The highest BCUT2D eigenvalue weighted by Crippen LogP contribution is 2.18. The van der Waals surface area contributed by atoms with Crippen molar-refractivity contribution >= 4 is 24.0 Å². The Kier molecular flexibility index (Phi) is 4.34. The van der Waals surface area contributed by atoms with Crippen LogP contribution in [0.4, 0.5) is 0 Å². The highest BCUT2D eigenvalue weighted by atomic mass is 16.6. The van der Waals surface area contributed by atoms with Gasteiger partial charge in [0.25, 0.3) is 0 Å². The highest BCUT2D eigenvalue weighted by molar-refractivity contribution is 6.11. The van der Waals surface area contributed by atoms with Crippen LogP contribution in [0.25, 0.3) is 12.2 Å². The van der Waals surface area contributed by atoms with Crippen molar-refractivity contribution in [1.29, 1.82) is 0 Å². The second-order valence-electron chi connectivity index (χ2n) is 4.89. The fourth-order valence-corrected chi connectivity index (χ4v) is 2.09. The summed E-state index contributed by atoms with van der Waals surface area (Å²) in [4.78, 5) is 16.1. The first-order valence-electron chi connectivity index (χ1n) is 7.14. The smallest absolute Gasteiger partial charge is 0.363 e. The number of esters is 1. The van der Waals surface area contributed by atoms with Crippen molar-refractivity contribution in [3.63, 3.8) is 0 Å². The topological polar surface area (TPSA) is 47.9 Å². The predicted octanol–water partition coefficient (Wildman–Crippen LogP) is 3.70. The molecule has 0 bridgehead atoms. The van der Waals surface area contributed by atoms with Gasteiger partial charge in [0.15, 0.2) is 5.70 Å². The number of hydrogen-bond acceptors (Lipinski definition) is 4. The summed E-state index contributed by atoms with van der Waals surface area (Å²) in [5.74, 6) is 0.600. The lowest BCUT2D eigenvalue weighted by atomic mass is 10.2. The third kappa shape index (κ3) is 3.74. The molecule has 3 rings (SSSR count). The summed E-state index contributed by atoms with van der Waals surface area (Å²) < 4.78 is 10.2. The Balaban J connectivity index is 1.77. The number of carbonyl (C=O) groups excluding carboxylic acids is 1. The Bertz CT molecular complexity index is 787. The largest absolute Gasteiger partial charge is 0.497 e. The highest BCUT2D eigenvalue weighted by Gasteiger charge is 2.20. The normalized spacial score (nSPS) is 15.8. The molecule has 1 aliphatic heterocycles. The van der Waals surface area contributed by atoms with Gasteiger partial charge in [-0.25, -0.2) is 9.79 Å². The molecule has 2 aromatic rings. The minimum atomic E-state index is -0.450. The molecule has 0 aromatic heterocycles. The number of cyclic esters (lactones) is 1. The van der Waals surface area contributed by atoms with Gasteiger partial charge in [0, 0.05) is 6.08 Å². The summed E-state index contributed by atoms with van der Waals surface area (Å²) in [6.07, 6.45) is 5.22. The van der Waals surface area contributed by atoms with Crippen LogP contribution in [-0.4, -0.2) is 19.0 Å². The fourth-order valence-electron chi connectivity index (χ4n) is 2.09. The lowest BCUT2D eigenvalue weighted by Gasteiger charge is -1.99. The van der Waals surface area contributed by atoms with Crippen molar-refractivity contribution in [2.24, 2.45) is 4.99 Å². The van der Waals surface area contributed by atoms with Crippen LogP contribution >= 0.6 is 0 Å². The van der Waals surface area contributed by atoms with Gasteiger partial charge < -0.3 is 9.47 Å². The molecular formula is C19H15NO3. The van der Waals surface area contributed by atoms with Crippen molar-refractivity contribution in [2.45, 2.75) is 0 Å². The number of ether oxygens (including phenoxy) is 2. The standard InChI is InChI=1S/C19H15NO3/c1-22-16-10-7-15(8-11-16)13-17-19(21)23-18(20-17)12-9-14-5-3-2-4-6-14/h2-13H,1H3/b12-9+,17-13+. The van der Waals surface area contributed by atoms with Crippen LogP contribution < -0.4 is 4.74 Å². The number of aliphatic imine (C=N–C) groups is 1. The number of carbonyl (C=O) groups is 1. The number of benzene rings is 2. The Labute approximate surface area is 134 Å². The van der Waals surface area contributed by atoms with Gasteiger partial charge in [-0.1, -0.05) is 42.5 Å². The number of rotatable bonds is 4. The molecule has 0 saturated heterocycles. The molecule has 2 aromatic carbocycles. The molecule has 114 valence electrons. The zero-order valence-corrected chi connectivity index (χ0v) is 12.6. The van der Waals surface area contributed by atoms with Crippen molar-refractivity contribution in [3.8, 4) is 5.75 Å². The summed E-state index contributed by atoms with van der Waals surface area (Å²) >= 11 is 0. The predicted molar refractivity (Wildman–Crippen MR) is 90.0 cm³/mol. The third-order valence-corrected chi connectivity index (χ3v) is 3.27. The molecule has 0 radical (unpaired) electrons. The van der Waals surface area contributed by atoms with E-state index in [0.29, 0.717) is 5.90 Å². The quantitative estimate of drug-likeness (QED) is 0.639. The number of methoxy groups -OCH3 is 1. The van der Waals surface area contributed by atoms with E-state index in [1.807, 2.05) is 60.7 Å². The Morgan fingerprint density at radius 2 is 1.70 bits per heavy atom. The van der Waals surface area contributed by atoms with E-state index in [1.165, 1.54) is 0 Å². The van der Waals surface area contributed by atoms with E-state index >= 15 is 0 Å². The van der Waals surface area contributed by atoms with E-state index in [2.05, 4.69) is 4.99 Å². The van der Waals surface area contributed by atoms with Crippen LogP contribution in [-0.2, 0) is 9.53 Å². The number of nitrogens with zero attached hydrogens (tertiary/aromatic N) is 1. The van der Waals surface area contributed by atoms with Gasteiger partial charge in [0.2, 0.25) is 5.90 Å². The number of hydrogen-bond donors (Lipinski definition) is 0. The monoisotopic (exact) mass is 305 g/mol. The van der Waals surface area contributed by atoms with Crippen LogP contribution in [0.2, 0.25) is 0 Å². The third-order valence-electron chi connectivity index (χ3n) is 3.27. The van der Waals surface area contributed by atoms with Gasteiger partial charge in [0.05, 0.1) is 7.11 Å². The summed E-state index contributed by atoms with van der Waals surface area (Å²) in [5.41, 5.74) is 2.15. The van der Waals surface area contributed by atoms with Crippen molar-refractivity contribution in [3.05, 3.63) is 77.5 Å². The van der Waals surface area contributed by atoms with E-state index in [0.717, 1.165) is 16.9 Å². The van der Waals surface area contributed by atoms with Crippen LogP contribution in [0, 0.1) is 0 Å². The first-order valence-corrected chi connectivity index (χ1v) is 7.14. The van der Waals surface area contributed by atoms with Gasteiger partial charge in [-0.2, -0.15) is 0 Å². The molecule has 0 unspecified atom stereocenters.